The van der Waals surface area contributed by atoms with Gasteiger partial charge in [-0.25, -0.2) is 4.98 Å². The number of hydrogen-bond acceptors (Lipinski definition) is 4. The molecule has 3 aromatic heterocycles. The quantitative estimate of drug-likeness (QED) is 0.179. The lowest BCUT2D eigenvalue weighted by Gasteiger charge is -2.36. The summed E-state index contributed by atoms with van der Waals surface area (Å²) in [4.78, 5) is 9.32. The highest BCUT2D eigenvalue weighted by atomic mass is 35.5. The number of nitrogens with one attached hydrogen (secondary N) is 1. The molecule has 7 aromatic rings. The van der Waals surface area contributed by atoms with E-state index in [9.17, 15) is 0 Å². The van der Waals surface area contributed by atoms with Gasteiger partial charge >= 0.3 is 0 Å². The molecule has 3 heterocycles. The molecule has 5 nitrogen and oxygen atoms in total. The molecular weight excluding hydrogens is 562 g/mol. The predicted octanol–water partition coefficient (Wildman–Crippen LogP) is 9.24. The van der Waals surface area contributed by atoms with Gasteiger partial charge in [0, 0.05) is 34.9 Å². The molecule has 6 heteroatoms. The van der Waals surface area contributed by atoms with Crippen molar-refractivity contribution in [2.45, 2.75) is 5.54 Å². The van der Waals surface area contributed by atoms with Crippen LogP contribution in [0.2, 0.25) is 5.02 Å². The molecule has 44 heavy (non-hydrogen) atoms. The molecule has 4 aromatic carbocycles. The molecule has 0 aliphatic carbocycles. The van der Waals surface area contributed by atoms with Crippen molar-refractivity contribution >= 4 is 23.1 Å². The molecule has 0 fully saturated rings. The highest BCUT2D eigenvalue weighted by molar-refractivity contribution is 6.30. The van der Waals surface area contributed by atoms with Crippen LogP contribution in [0.3, 0.4) is 0 Å². The van der Waals surface area contributed by atoms with E-state index in [1.54, 1.807) is 6.20 Å². The summed E-state index contributed by atoms with van der Waals surface area (Å²) in [5, 5.41) is 9.47. The molecular formula is C38H28ClN5. The van der Waals surface area contributed by atoms with E-state index in [1.165, 1.54) is 0 Å². The van der Waals surface area contributed by atoms with Gasteiger partial charge in [0.25, 0.3) is 0 Å². The van der Waals surface area contributed by atoms with Crippen molar-refractivity contribution in [2.24, 2.45) is 0 Å². The molecule has 0 saturated heterocycles. The summed E-state index contributed by atoms with van der Waals surface area (Å²) >= 11 is 6.11. The summed E-state index contributed by atoms with van der Waals surface area (Å²) in [6.07, 6.45) is 5.75. The van der Waals surface area contributed by atoms with Crippen LogP contribution in [0, 0.1) is 0 Å². The number of hydrogen-bond donors (Lipinski definition) is 1. The summed E-state index contributed by atoms with van der Waals surface area (Å²) in [6, 6.07) is 49.2. The van der Waals surface area contributed by atoms with Crippen molar-refractivity contribution in [1.82, 2.24) is 19.7 Å². The number of halogens is 1. The average Bonchev–Trinajstić information content (AvgIpc) is 3.54. The fraction of sp³-hybridized carbons (Fsp3) is 0.0263. The van der Waals surface area contributed by atoms with Gasteiger partial charge in [-0.15, -0.1) is 0 Å². The fourth-order valence-corrected chi connectivity index (χ4v) is 5.86. The fourth-order valence-electron chi connectivity index (χ4n) is 5.73. The molecule has 0 atom stereocenters. The van der Waals surface area contributed by atoms with Crippen molar-refractivity contribution in [3.8, 4) is 22.5 Å². The van der Waals surface area contributed by atoms with E-state index in [1.807, 2.05) is 79.0 Å². The van der Waals surface area contributed by atoms with Crippen molar-refractivity contribution < 1.29 is 0 Å². The minimum atomic E-state index is -0.761. The van der Waals surface area contributed by atoms with E-state index in [2.05, 4.69) is 94.0 Å². The molecule has 7 rings (SSSR count). The summed E-state index contributed by atoms with van der Waals surface area (Å²) < 4.78 is 2.10. The van der Waals surface area contributed by atoms with Gasteiger partial charge in [-0.1, -0.05) is 109 Å². The third kappa shape index (κ3) is 5.14. The van der Waals surface area contributed by atoms with Crippen molar-refractivity contribution in [2.75, 3.05) is 5.32 Å². The maximum Gasteiger partial charge on any atom is 0.138 e. The smallest absolute Gasteiger partial charge is 0.138 e. The lowest BCUT2D eigenvalue weighted by Crippen LogP contribution is -2.38. The first-order chi connectivity index (χ1) is 21.7. The zero-order valence-corrected chi connectivity index (χ0v) is 24.5. The predicted molar refractivity (Wildman–Crippen MR) is 178 cm³/mol. The van der Waals surface area contributed by atoms with Crippen LogP contribution in [-0.4, -0.2) is 19.7 Å². The Morgan fingerprint density at radius 1 is 0.591 bits per heavy atom. The van der Waals surface area contributed by atoms with Crippen LogP contribution in [0.25, 0.3) is 22.5 Å². The molecule has 0 bridgehead atoms. The average molecular weight is 590 g/mol. The Hall–Kier alpha value is -5.52. The largest absolute Gasteiger partial charge is 0.340 e. The van der Waals surface area contributed by atoms with Crippen LogP contribution in [0.1, 0.15) is 16.7 Å². The lowest BCUT2D eigenvalue weighted by molar-refractivity contribution is 0.461. The Bertz CT molecular complexity index is 1880. The first kappa shape index (κ1) is 27.3. The topological polar surface area (TPSA) is 55.6 Å². The standard InChI is InChI=1S/C38H28ClN5/c39-32-19-21-33(22-20-32)42-36-26-28(23-25-41-36)34-27-44(43-37(34)35-18-10-11-24-40-35)38(29-12-4-1-5-13-29,30-14-6-2-7-15-30)31-16-8-3-9-17-31/h1-27H,(H,41,42). The van der Waals surface area contributed by atoms with Gasteiger partial charge in [0.05, 0.1) is 5.69 Å². The van der Waals surface area contributed by atoms with Crippen LogP contribution in [0.15, 0.2) is 164 Å². The third-order valence-corrected chi connectivity index (χ3v) is 7.98. The van der Waals surface area contributed by atoms with Crippen LogP contribution < -0.4 is 5.32 Å². The highest BCUT2D eigenvalue weighted by Crippen LogP contribution is 2.43. The van der Waals surface area contributed by atoms with Crippen molar-refractivity contribution in [1.29, 1.82) is 0 Å². The third-order valence-electron chi connectivity index (χ3n) is 7.73. The number of rotatable bonds is 8. The minimum Gasteiger partial charge on any atom is -0.340 e. The molecule has 0 saturated carbocycles. The Balaban J connectivity index is 1.47. The number of pyridine rings is 2. The maximum atomic E-state index is 6.11. The molecule has 1 N–H and O–H groups in total. The molecule has 212 valence electrons. The zero-order chi connectivity index (χ0) is 29.8. The van der Waals surface area contributed by atoms with Gasteiger partial charge in [0.15, 0.2) is 0 Å². The van der Waals surface area contributed by atoms with Crippen LogP contribution in [0.4, 0.5) is 11.5 Å². The molecule has 0 radical (unpaired) electrons. The number of nitrogens with zero attached hydrogens (tertiary/aromatic N) is 4. The van der Waals surface area contributed by atoms with Gasteiger partial charge < -0.3 is 5.32 Å². The minimum absolute atomic E-state index is 0.684. The maximum absolute atomic E-state index is 6.11. The Morgan fingerprint density at radius 3 is 1.75 bits per heavy atom. The van der Waals surface area contributed by atoms with Gasteiger partial charge in [-0.3, -0.25) is 9.67 Å². The lowest BCUT2D eigenvalue weighted by atomic mass is 9.77. The van der Waals surface area contributed by atoms with Crippen LogP contribution >= 0.6 is 11.6 Å². The summed E-state index contributed by atoms with van der Waals surface area (Å²) in [7, 11) is 0. The van der Waals surface area contributed by atoms with E-state index >= 15 is 0 Å². The van der Waals surface area contributed by atoms with Crippen molar-refractivity contribution in [3.05, 3.63) is 186 Å². The number of benzene rings is 4. The normalized spacial score (nSPS) is 11.3. The second kappa shape index (κ2) is 12.0. The molecule has 0 aliphatic rings. The summed E-state index contributed by atoms with van der Waals surface area (Å²) in [6.45, 7) is 0. The Kier molecular flexibility index (Phi) is 7.45. The van der Waals surface area contributed by atoms with E-state index in [-0.39, 0.29) is 0 Å². The number of aromatic nitrogens is 4. The zero-order valence-electron chi connectivity index (χ0n) is 23.8. The van der Waals surface area contributed by atoms with Gasteiger partial charge in [-0.2, -0.15) is 5.10 Å². The second-order valence-corrected chi connectivity index (χ2v) is 10.9. The molecule has 0 amide bonds. The first-order valence-corrected chi connectivity index (χ1v) is 14.8. The van der Waals surface area contributed by atoms with Crippen molar-refractivity contribution in [3.63, 3.8) is 0 Å². The molecule has 0 unspecified atom stereocenters. The van der Waals surface area contributed by atoms with Gasteiger partial charge in [0.1, 0.15) is 17.1 Å². The van der Waals surface area contributed by atoms with Crippen LogP contribution in [0.5, 0.6) is 0 Å². The van der Waals surface area contributed by atoms with E-state index in [0.717, 1.165) is 44.9 Å². The van der Waals surface area contributed by atoms with E-state index in [4.69, 9.17) is 21.7 Å². The van der Waals surface area contributed by atoms with Crippen LogP contribution in [-0.2, 0) is 5.54 Å². The Morgan fingerprint density at radius 2 is 1.18 bits per heavy atom. The molecule has 0 aliphatic heterocycles. The van der Waals surface area contributed by atoms with E-state index < -0.39 is 5.54 Å². The summed E-state index contributed by atoms with van der Waals surface area (Å²) in [5.74, 6) is 0.713. The monoisotopic (exact) mass is 589 g/mol. The van der Waals surface area contributed by atoms with E-state index in [0.29, 0.717) is 10.8 Å². The van der Waals surface area contributed by atoms with Gasteiger partial charge in [-0.05, 0) is 70.8 Å². The molecule has 0 spiro atoms. The SMILES string of the molecule is Clc1ccc(Nc2cc(-c3cn(C(c4ccccc4)(c4ccccc4)c4ccccc4)nc3-c3ccccn3)ccn2)cc1. The highest BCUT2D eigenvalue weighted by Gasteiger charge is 2.40. The Labute approximate surface area is 261 Å². The second-order valence-electron chi connectivity index (χ2n) is 10.4. The number of anilines is 2. The van der Waals surface area contributed by atoms with Gasteiger partial charge in [0.2, 0.25) is 0 Å². The first-order valence-electron chi connectivity index (χ1n) is 14.4. The summed E-state index contributed by atoms with van der Waals surface area (Å²) in [5.41, 5.74) is 6.90.